The fourth-order valence-corrected chi connectivity index (χ4v) is 5.39. The second-order valence-corrected chi connectivity index (χ2v) is 9.36. The molecule has 0 spiro atoms. The van der Waals surface area contributed by atoms with Crippen molar-refractivity contribution in [2.24, 2.45) is 0 Å². The molecule has 0 aliphatic carbocycles. The highest BCUT2D eigenvalue weighted by atomic mass is 32.2. The number of benzene rings is 2. The van der Waals surface area contributed by atoms with Crippen molar-refractivity contribution in [1.29, 1.82) is 0 Å². The van der Waals surface area contributed by atoms with Gasteiger partial charge < -0.3 is 4.90 Å². The predicted octanol–water partition coefficient (Wildman–Crippen LogP) is 3.50. The Bertz CT molecular complexity index is 1100. The van der Waals surface area contributed by atoms with Crippen molar-refractivity contribution < 1.29 is 8.42 Å². The monoisotopic (exact) mass is 395 g/mol. The quantitative estimate of drug-likeness (QED) is 0.678. The lowest BCUT2D eigenvalue weighted by Gasteiger charge is -2.35. The third-order valence-electron chi connectivity index (χ3n) is 5.42. The van der Waals surface area contributed by atoms with Gasteiger partial charge in [0.25, 0.3) is 0 Å². The lowest BCUT2D eigenvalue weighted by atomic mass is 10.1. The summed E-state index contributed by atoms with van der Waals surface area (Å²) in [6.45, 7) is 6.30. The number of aryl methyl sites for hydroxylation is 2. The highest BCUT2D eigenvalue weighted by Gasteiger charge is 2.28. The van der Waals surface area contributed by atoms with E-state index < -0.39 is 10.0 Å². The topological polar surface area (TPSA) is 53.5 Å². The summed E-state index contributed by atoms with van der Waals surface area (Å²) in [5.74, 6) is 1.02. The van der Waals surface area contributed by atoms with Gasteiger partial charge in [0.15, 0.2) is 0 Å². The van der Waals surface area contributed by atoms with Gasteiger partial charge in [-0.15, -0.1) is 0 Å². The second-order valence-electron chi connectivity index (χ2n) is 7.39. The van der Waals surface area contributed by atoms with Crippen LogP contribution in [0.2, 0.25) is 0 Å². The van der Waals surface area contributed by atoms with Gasteiger partial charge in [-0.25, -0.2) is 13.4 Å². The maximum atomic E-state index is 12.9. The normalized spacial score (nSPS) is 15.9. The van der Waals surface area contributed by atoms with Gasteiger partial charge in [-0.3, -0.25) is 0 Å². The fraction of sp³-hybridized carbons (Fsp3) is 0.318. The molecule has 1 saturated heterocycles. The summed E-state index contributed by atoms with van der Waals surface area (Å²) in [5, 5.41) is 1.13. The summed E-state index contributed by atoms with van der Waals surface area (Å²) in [6.07, 6.45) is 0. The Labute approximate surface area is 166 Å². The Morgan fingerprint density at radius 1 is 0.893 bits per heavy atom. The van der Waals surface area contributed by atoms with Crippen LogP contribution in [0.25, 0.3) is 10.9 Å². The van der Waals surface area contributed by atoms with Crippen molar-refractivity contribution in [3.63, 3.8) is 0 Å². The van der Waals surface area contributed by atoms with Crippen LogP contribution < -0.4 is 4.90 Å². The van der Waals surface area contributed by atoms with Crippen molar-refractivity contribution >= 4 is 26.7 Å². The Morgan fingerprint density at radius 2 is 1.57 bits per heavy atom. The van der Waals surface area contributed by atoms with E-state index in [1.54, 1.807) is 4.31 Å². The van der Waals surface area contributed by atoms with E-state index in [4.69, 9.17) is 4.98 Å². The van der Waals surface area contributed by atoms with Gasteiger partial charge in [0, 0.05) is 31.6 Å². The van der Waals surface area contributed by atoms with Gasteiger partial charge in [0.1, 0.15) is 5.82 Å². The summed E-state index contributed by atoms with van der Waals surface area (Å²) in [5.41, 5.74) is 3.98. The molecule has 3 aromatic rings. The average molecular weight is 396 g/mol. The molecule has 5 nitrogen and oxygen atoms in total. The van der Waals surface area contributed by atoms with Crippen molar-refractivity contribution in [1.82, 2.24) is 9.29 Å². The number of nitrogens with zero attached hydrogens (tertiary/aromatic N) is 3. The molecule has 0 saturated carbocycles. The summed E-state index contributed by atoms with van der Waals surface area (Å²) in [6, 6.07) is 17.9. The number of fused-ring (bicyclic) bond motifs is 1. The third kappa shape index (κ3) is 3.75. The van der Waals surface area contributed by atoms with Crippen LogP contribution in [0.5, 0.6) is 0 Å². The number of piperazine rings is 1. The van der Waals surface area contributed by atoms with Gasteiger partial charge >= 0.3 is 0 Å². The van der Waals surface area contributed by atoms with Crippen LogP contribution in [0.4, 0.5) is 5.82 Å². The molecule has 0 radical (unpaired) electrons. The van der Waals surface area contributed by atoms with Crippen LogP contribution in [-0.2, 0) is 15.8 Å². The van der Waals surface area contributed by atoms with E-state index in [0.29, 0.717) is 26.2 Å². The molecule has 1 fully saturated rings. The molecule has 0 atom stereocenters. The van der Waals surface area contributed by atoms with Crippen molar-refractivity contribution in [3.05, 3.63) is 71.3 Å². The van der Waals surface area contributed by atoms with E-state index in [-0.39, 0.29) is 5.75 Å². The molecule has 2 aromatic carbocycles. The number of hydrogen-bond donors (Lipinski definition) is 0. The number of rotatable bonds is 4. The minimum absolute atomic E-state index is 0.0624. The fourth-order valence-electron chi connectivity index (χ4n) is 3.77. The standard InChI is InChI=1S/C22H25N3O2S/c1-17-7-3-4-9-20(17)16-28(26,27)25-13-11-24(12-14-25)22-18(2)15-19-8-5-6-10-21(19)23-22/h3-10,15H,11-14,16H2,1-2H3. The predicted molar refractivity (Wildman–Crippen MR) is 114 cm³/mol. The number of pyridine rings is 1. The van der Waals surface area contributed by atoms with Gasteiger partial charge in [-0.2, -0.15) is 4.31 Å². The molecule has 1 aliphatic heterocycles. The number of sulfonamides is 1. The molecule has 146 valence electrons. The molecular weight excluding hydrogens is 370 g/mol. The average Bonchev–Trinajstić information content (AvgIpc) is 2.69. The summed E-state index contributed by atoms with van der Waals surface area (Å²) >= 11 is 0. The third-order valence-corrected chi connectivity index (χ3v) is 7.25. The Hall–Kier alpha value is -2.44. The molecule has 0 N–H and O–H groups in total. The lowest BCUT2D eigenvalue weighted by molar-refractivity contribution is 0.383. The zero-order valence-electron chi connectivity index (χ0n) is 16.3. The molecule has 2 heterocycles. The lowest BCUT2D eigenvalue weighted by Crippen LogP contribution is -2.49. The van der Waals surface area contributed by atoms with Gasteiger partial charge in [-0.1, -0.05) is 42.5 Å². The molecule has 1 aliphatic rings. The molecule has 0 unspecified atom stereocenters. The summed E-state index contributed by atoms with van der Waals surface area (Å²) in [4.78, 5) is 7.02. The molecule has 28 heavy (non-hydrogen) atoms. The first-order chi connectivity index (χ1) is 13.4. The Morgan fingerprint density at radius 3 is 2.32 bits per heavy atom. The van der Waals surface area contributed by atoms with E-state index in [2.05, 4.69) is 24.0 Å². The SMILES string of the molecule is Cc1ccccc1CS(=O)(=O)N1CCN(c2nc3ccccc3cc2C)CC1. The van der Waals surface area contributed by atoms with Crippen LogP contribution in [0.15, 0.2) is 54.6 Å². The minimum atomic E-state index is -3.32. The van der Waals surface area contributed by atoms with Crippen molar-refractivity contribution in [2.75, 3.05) is 31.1 Å². The van der Waals surface area contributed by atoms with Crippen LogP contribution in [0.3, 0.4) is 0 Å². The first-order valence-corrected chi connectivity index (χ1v) is 11.2. The number of para-hydroxylation sites is 1. The van der Waals surface area contributed by atoms with Crippen LogP contribution in [0, 0.1) is 13.8 Å². The number of hydrogen-bond acceptors (Lipinski definition) is 4. The van der Waals surface area contributed by atoms with E-state index in [0.717, 1.165) is 33.4 Å². The smallest absolute Gasteiger partial charge is 0.218 e. The van der Waals surface area contributed by atoms with E-state index >= 15 is 0 Å². The summed E-state index contributed by atoms with van der Waals surface area (Å²) in [7, 11) is -3.32. The van der Waals surface area contributed by atoms with E-state index in [1.165, 1.54) is 0 Å². The van der Waals surface area contributed by atoms with E-state index in [1.807, 2.05) is 49.4 Å². The highest BCUT2D eigenvalue weighted by molar-refractivity contribution is 7.88. The number of aromatic nitrogens is 1. The second kappa shape index (κ2) is 7.53. The van der Waals surface area contributed by atoms with Crippen molar-refractivity contribution in [3.8, 4) is 0 Å². The van der Waals surface area contributed by atoms with Crippen LogP contribution in [0.1, 0.15) is 16.7 Å². The molecule has 1 aromatic heterocycles. The zero-order chi connectivity index (χ0) is 19.7. The highest BCUT2D eigenvalue weighted by Crippen LogP contribution is 2.25. The maximum Gasteiger partial charge on any atom is 0.218 e. The van der Waals surface area contributed by atoms with Gasteiger partial charge in [-0.05, 0) is 42.7 Å². The molecule has 4 rings (SSSR count). The molecule has 0 amide bonds. The minimum Gasteiger partial charge on any atom is -0.354 e. The van der Waals surface area contributed by atoms with Gasteiger partial charge in [0.2, 0.25) is 10.0 Å². The van der Waals surface area contributed by atoms with Crippen LogP contribution in [-0.4, -0.2) is 43.9 Å². The zero-order valence-corrected chi connectivity index (χ0v) is 17.1. The molecule has 0 bridgehead atoms. The first-order valence-electron chi connectivity index (χ1n) is 9.58. The summed E-state index contributed by atoms with van der Waals surface area (Å²) < 4.78 is 27.4. The Balaban J connectivity index is 1.49. The van der Waals surface area contributed by atoms with Crippen LogP contribution >= 0.6 is 0 Å². The Kier molecular flexibility index (Phi) is 5.08. The number of anilines is 1. The van der Waals surface area contributed by atoms with Crippen molar-refractivity contribution in [2.45, 2.75) is 19.6 Å². The largest absolute Gasteiger partial charge is 0.354 e. The van der Waals surface area contributed by atoms with Gasteiger partial charge in [0.05, 0.1) is 11.3 Å². The molecular formula is C22H25N3O2S. The van der Waals surface area contributed by atoms with E-state index in [9.17, 15) is 8.42 Å². The first kappa shape index (κ1) is 18.9. The maximum absolute atomic E-state index is 12.9. The molecule has 6 heteroatoms.